The summed E-state index contributed by atoms with van der Waals surface area (Å²) < 4.78 is 42.6. The molecule has 200 valence electrons. The fourth-order valence-electron chi connectivity index (χ4n) is 3.08. The number of aromatic amines is 1. The molecule has 3 N–H and O–H groups in total. The molecule has 1 unspecified atom stereocenters. The maximum absolute atomic E-state index is 13.0. The maximum atomic E-state index is 13.0. The van der Waals surface area contributed by atoms with Crippen molar-refractivity contribution < 1.29 is 32.4 Å². The van der Waals surface area contributed by atoms with Crippen LogP contribution in [0.4, 0.5) is 15.1 Å². The van der Waals surface area contributed by atoms with Gasteiger partial charge in [-0.2, -0.15) is 4.98 Å². The molecule has 1 atom stereocenters. The van der Waals surface area contributed by atoms with Gasteiger partial charge in [0.05, 0.1) is 19.5 Å². The number of nitrogens with zero attached hydrogens (tertiary/aromatic N) is 3. The van der Waals surface area contributed by atoms with Crippen molar-refractivity contribution in [3.05, 3.63) is 81.1 Å². The molecule has 4 aromatic rings. The minimum Gasteiger partial charge on any atom is -0.406 e. The Morgan fingerprint density at radius 2 is 2.00 bits per heavy atom. The third-order valence-electron chi connectivity index (χ3n) is 4.82. The number of nitrogens with two attached hydrogens (primary N) is 1. The zero-order valence-corrected chi connectivity index (χ0v) is 22.2. The lowest BCUT2D eigenvalue weighted by Crippen LogP contribution is -2.14. The van der Waals surface area contributed by atoms with Crippen molar-refractivity contribution in [1.29, 1.82) is 0 Å². The highest BCUT2D eigenvalue weighted by Gasteiger charge is 2.15. The smallest absolute Gasteiger partial charge is 0.406 e. The molecule has 2 heterocycles. The van der Waals surface area contributed by atoms with E-state index >= 15 is 0 Å². The molecule has 0 saturated heterocycles. The van der Waals surface area contributed by atoms with Crippen molar-refractivity contribution in [2.24, 2.45) is 0 Å². The number of H-pyrrole nitrogens is 1. The number of nitrogen functional groups attached to an aromatic ring is 1. The first kappa shape index (κ1) is 27.6. The third-order valence-corrected chi connectivity index (χ3v) is 6.52. The molecule has 0 aliphatic rings. The lowest BCUT2D eigenvalue weighted by atomic mass is 10.2. The molecule has 0 bridgehead atoms. The van der Waals surface area contributed by atoms with Crippen LogP contribution in [-0.2, 0) is 31.7 Å². The summed E-state index contributed by atoms with van der Waals surface area (Å²) in [5.74, 6) is -0.350. The second kappa shape index (κ2) is 13.4. The Balaban J connectivity index is 1.28. The topological polar surface area (TPSA) is 153 Å². The predicted molar refractivity (Wildman–Crippen MR) is 139 cm³/mol. The maximum Gasteiger partial charge on any atom is 0.515 e. The van der Waals surface area contributed by atoms with Gasteiger partial charge in [-0.25, -0.2) is 14.2 Å². The third kappa shape index (κ3) is 8.04. The minimum atomic E-state index is -1.64. The van der Waals surface area contributed by atoms with E-state index in [1.54, 1.807) is 4.57 Å². The van der Waals surface area contributed by atoms with Gasteiger partial charge in [-0.3, -0.25) is 14.3 Å². The Kier molecular flexibility index (Phi) is 9.73. The van der Waals surface area contributed by atoms with Gasteiger partial charge in [-0.05, 0) is 42.0 Å². The molecule has 0 aliphatic carbocycles. The summed E-state index contributed by atoms with van der Waals surface area (Å²) in [5, 5.41) is 0. The Labute approximate surface area is 224 Å². The van der Waals surface area contributed by atoms with Crippen molar-refractivity contribution >= 4 is 47.6 Å². The normalized spacial score (nSPS) is 11.9. The number of rotatable bonds is 12. The van der Waals surface area contributed by atoms with Gasteiger partial charge >= 0.3 is 6.16 Å². The standard InChI is InChI=1S/C23H22BrFN5O7P/c24-16-3-1-2-15(10-16)11-35-38(36-13-34-23(32)37-18-6-4-17(25)5-7-18)14-33-9-8-30-12-27-19-20(30)28-22(26)29-21(19)31/h1-7,10,12H,8-9,11,13-14H2,(H3,26,28,29,31). The lowest BCUT2D eigenvalue weighted by Gasteiger charge is -2.18. The highest BCUT2D eigenvalue weighted by molar-refractivity contribution is 9.10. The predicted octanol–water partition coefficient (Wildman–Crippen LogP) is 4.30. The summed E-state index contributed by atoms with van der Waals surface area (Å²) in [7, 11) is -1.64. The minimum absolute atomic E-state index is 0.0130. The summed E-state index contributed by atoms with van der Waals surface area (Å²) >= 11 is 3.41. The van der Waals surface area contributed by atoms with Crippen molar-refractivity contribution in [1.82, 2.24) is 19.5 Å². The van der Waals surface area contributed by atoms with Gasteiger partial charge in [0.1, 0.15) is 17.9 Å². The van der Waals surface area contributed by atoms with E-state index in [4.69, 9.17) is 29.0 Å². The molecular formula is C23H22BrFN5O7P. The Bertz CT molecular complexity index is 1440. The molecule has 38 heavy (non-hydrogen) atoms. The van der Waals surface area contributed by atoms with Gasteiger partial charge in [0.15, 0.2) is 11.2 Å². The quantitative estimate of drug-likeness (QED) is 0.0781. The number of hydrogen-bond donors (Lipinski definition) is 2. The molecule has 0 saturated carbocycles. The highest BCUT2D eigenvalue weighted by Crippen LogP contribution is 2.39. The summed E-state index contributed by atoms with van der Waals surface area (Å²) in [4.78, 5) is 34.4. The van der Waals surface area contributed by atoms with Crippen molar-refractivity contribution in [3.63, 3.8) is 0 Å². The van der Waals surface area contributed by atoms with E-state index in [2.05, 4.69) is 30.9 Å². The van der Waals surface area contributed by atoms with Gasteiger partial charge in [-0.1, -0.05) is 28.1 Å². The molecule has 4 rings (SSSR count). The van der Waals surface area contributed by atoms with E-state index in [0.717, 1.165) is 22.2 Å². The average molecular weight is 610 g/mol. The largest absolute Gasteiger partial charge is 0.515 e. The lowest BCUT2D eigenvalue weighted by molar-refractivity contribution is 0.0244. The van der Waals surface area contributed by atoms with E-state index in [1.165, 1.54) is 18.5 Å². The molecule has 0 amide bonds. The van der Waals surface area contributed by atoms with E-state index in [1.807, 2.05) is 24.3 Å². The van der Waals surface area contributed by atoms with Crippen LogP contribution in [0.1, 0.15) is 5.56 Å². The SMILES string of the molecule is Nc1nc2c(ncn2CCOCP(OCOC(=O)Oc2ccc(F)cc2)OCc2cccc(Br)c2)c(=O)[nH]1. The van der Waals surface area contributed by atoms with E-state index < -0.39 is 32.7 Å². The molecule has 12 nitrogen and oxygen atoms in total. The van der Waals surface area contributed by atoms with Crippen LogP contribution in [-0.4, -0.2) is 45.4 Å². The number of fused-ring (bicyclic) bond motifs is 1. The number of carbonyl (C=O) groups excluding carboxylic acids is 1. The Morgan fingerprint density at radius 1 is 1.18 bits per heavy atom. The number of carbonyl (C=O) groups is 1. The summed E-state index contributed by atoms with van der Waals surface area (Å²) in [5.41, 5.74) is 6.60. The molecule has 15 heteroatoms. The number of anilines is 1. The first-order valence-electron chi connectivity index (χ1n) is 11.0. The van der Waals surface area contributed by atoms with Crippen LogP contribution >= 0.6 is 24.3 Å². The van der Waals surface area contributed by atoms with Crippen LogP contribution < -0.4 is 16.0 Å². The van der Waals surface area contributed by atoms with Crippen molar-refractivity contribution in [3.8, 4) is 5.75 Å². The first-order chi connectivity index (χ1) is 18.4. The van der Waals surface area contributed by atoms with Crippen LogP contribution in [0.15, 0.2) is 64.1 Å². The fraction of sp³-hybridized carbons (Fsp3) is 0.217. The molecule has 0 aliphatic heterocycles. The number of hydrogen-bond acceptors (Lipinski definition) is 10. The van der Waals surface area contributed by atoms with E-state index in [0.29, 0.717) is 12.2 Å². The van der Waals surface area contributed by atoms with Gasteiger partial charge in [0.2, 0.25) is 21.1 Å². The van der Waals surface area contributed by atoms with Crippen molar-refractivity contribution in [2.45, 2.75) is 13.2 Å². The molecule has 0 fully saturated rings. The Hall–Kier alpha value is -3.42. The van der Waals surface area contributed by atoms with Crippen LogP contribution in [0.5, 0.6) is 5.75 Å². The van der Waals surface area contributed by atoms with Crippen molar-refractivity contribution in [2.75, 3.05) is 25.5 Å². The van der Waals surface area contributed by atoms with E-state index in [-0.39, 0.29) is 36.8 Å². The molecular weight excluding hydrogens is 588 g/mol. The zero-order chi connectivity index (χ0) is 26.9. The number of imidazole rings is 1. The number of ether oxygens (including phenoxy) is 3. The monoisotopic (exact) mass is 609 g/mol. The second-order valence-corrected chi connectivity index (χ2v) is 9.89. The highest BCUT2D eigenvalue weighted by atomic mass is 79.9. The number of nitrogens with one attached hydrogen (secondary N) is 1. The van der Waals surface area contributed by atoms with Gasteiger partial charge in [-0.15, -0.1) is 0 Å². The number of halogens is 2. The molecule has 2 aromatic heterocycles. The van der Waals surface area contributed by atoms with E-state index in [9.17, 15) is 14.0 Å². The average Bonchev–Trinajstić information content (AvgIpc) is 3.29. The van der Waals surface area contributed by atoms with Crippen LogP contribution in [0.2, 0.25) is 0 Å². The molecule has 0 radical (unpaired) electrons. The fourth-order valence-corrected chi connectivity index (χ4v) is 4.49. The Morgan fingerprint density at radius 3 is 2.79 bits per heavy atom. The zero-order valence-electron chi connectivity index (χ0n) is 19.7. The summed E-state index contributed by atoms with van der Waals surface area (Å²) in [6.07, 6.45) is 0.509. The van der Waals surface area contributed by atoms with Crippen LogP contribution in [0.3, 0.4) is 0 Å². The number of benzene rings is 2. The summed E-state index contributed by atoms with van der Waals surface area (Å²) in [6.45, 7) is 0.329. The second-order valence-electron chi connectivity index (χ2n) is 7.53. The van der Waals surface area contributed by atoms with Gasteiger partial charge < -0.3 is 29.0 Å². The van der Waals surface area contributed by atoms with Gasteiger partial charge in [0.25, 0.3) is 5.56 Å². The molecule has 0 spiro atoms. The summed E-state index contributed by atoms with van der Waals surface area (Å²) in [6, 6.07) is 12.4. The first-order valence-corrected chi connectivity index (χ1v) is 13.2. The number of aromatic nitrogens is 4. The van der Waals surface area contributed by atoms with Crippen LogP contribution in [0, 0.1) is 5.82 Å². The molecule has 2 aromatic carbocycles. The van der Waals surface area contributed by atoms with Crippen LogP contribution in [0.25, 0.3) is 11.2 Å². The van der Waals surface area contributed by atoms with Gasteiger partial charge in [0, 0.05) is 11.0 Å².